The highest BCUT2D eigenvalue weighted by atomic mass is 35.5. The Kier molecular flexibility index (Phi) is 5.28. The second kappa shape index (κ2) is 6.00. The maximum absolute atomic E-state index is 11.8. The molecule has 0 radical (unpaired) electrons. The van der Waals surface area contributed by atoms with Crippen LogP contribution in [0.4, 0.5) is 0 Å². The molecule has 0 aromatic rings. The van der Waals surface area contributed by atoms with Gasteiger partial charge in [0.05, 0.1) is 31.6 Å². The van der Waals surface area contributed by atoms with Crippen molar-refractivity contribution in [1.82, 2.24) is 4.31 Å². The predicted octanol–water partition coefficient (Wildman–Crippen LogP) is -0.0978. The summed E-state index contributed by atoms with van der Waals surface area (Å²) in [4.78, 5) is 0. The minimum atomic E-state index is -3.26. The molecule has 1 aliphatic rings. The molecule has 1 unspecified atom stereocenters. The summed E-state index contributed by atoms with van der Waals surface area (Å²) in [6.07, 6.45) is 0. The Morgan fingerprint density at radius 2 is 2.33 bits per heavy atom. The first kappa shape index (κ1) is 13.2. The maximum Gasteiger partial charge on any atom is 0.216 e. The van der Waals surface area contributed by atoms with E-state index in [1.54, 1.807) is 0 Å². The molecule has 0 saturated carbocycles. The van der Waals surface area contributed by atoms with E-state index in [4.69, 9.17) is 21.1 Å². The molecule has 1 atom stereocenters. The highest BCUT2D eigenvalue weighted by Crippen LogP contribution is 2.14. The van der Waals surface area contributed by atoms with Crippen LogP contribution >= 0.6 is 11.6 Å². The molecule has 15 heavy (non-hydrogen) atoms. The SMILES string of the molecule is COCCS(=O)(=O)N1CCOCC1CCl. The lowest BCUT2D eigenvalue weighted by atomic mass is 10.3. The van der Waals surface area contributed by atoms with Gasteiger partial charge in [-0.05, 0) is 0 Å². The van der Waals surface area contributed by atoms with Gasteiger partial charge in [0.1, 0.15) is 0 Å². The third-order valence-corrected chi connectivity index (χ3v) is 4.49. The van der Waals surface area contributed by atoms with Gasteiger partial charge in [0.15, 0.2) is 0 Å². The van der Waals surface area contributed by atoms with Crippen molar-refractivity contribution in [3.63, 3.8) is 0 Å². The van der Waals surface area contributed by atoms with Gasteiger partial charge >= 0.3 is 0 Å². The Morgan fingerprint density at radius 3 is 2.93 bits per heavy atom. The minimum absolute atomic E-state index is 0.00309. The van der Waals surface area contributed by atoms with Gasteiger partial charge in [0.2, 0.25) is 10.0 Å². The number of hydrogen-bond acceptors (Lipinski definition) is 4. The summed E-state index contributed by atoms with van der Waals surface area (Å²) in [6, 6.07) is -0.248. The van der Waals surface area contributed by atoms with E-state index < -0.39 is 10.0 Å². The number of alkyl halides is 1. The fourth-order valence-corrected chi connectivity index (χ4v) is 3.32. The first-order chi connectivity index (χ1) is 7.11. The van der Waals surface area contributed by atoms with Gasteiger partial charge in [-0.1, -0.05) is 0 Å². The Bertz CT molecular complexity index is 282. The topological polar surface area (TPSA) is 55.8 Å². The zero-order valence-electron chi connectivity index (χ0n) is 8.69. The molecular formula is C8H16ClNO4S. The van der Waals surface area contributed by atoms with E-state index in [0.717, 1.165) is 0 Å². The lowest BCUT2D eigenvalue weighted by Crippen LogP contribution is -2.50. The molecule has 0 amide bonds. The summed E-state index contributed by atoms with van der Waals surface area (Å²) in [5.74, 6) is 0.253. The summed E-state index contributed by atoms with van der Waals surface area (Å²) in [5.41, 5.74) is 0. The van der Waals surface area contributed by atoms with Crippen LogP contribution in [0.3, 0.4) is 0 Å². The number of methoxy groups -OCH3 is 1. The standard InChI is InChI=1S/C8H16ClNO4S/c1-13-4-5-15(11,12)10-2-3-14-7-8(10)6-9/h8H,2-7H2,1H3. The molecular weight excluding hydrogens is 242 g/mol. The van der Waals surface area contributed by atoms with Crippen molar-refractivity contribution in [2.45, 2.75) is 6.04 Å². The Labute approximate surface area is 95.3 Å². The summed E-state index contributed by atoms with van der Waals surface area (Å²) in [6.45, 7) is 1.38. The van der Waals surface area contributed by atoms with Gasteiger partial charge in [-0.3, -0.25) is 0 Å². The monoisotopic (exact) mass is 257 g/mol. The van der Waals surface area contributed by atoms with E-state index in [9.17, 15) is 8.42 Å². The van der Waals surface area contributed by atoms with Crippen LogP contribution in [-0.4, -0.2) is 63.9 Å². The van der Waals surface area contributed by atoms with Crippen molar-refractivity contribution in [3.05, 3.63) is 0 Å². The number of nitrogens with zero attached hydrogens (tertiary/aromatic N) is 1. The predicted molar refractivity (Wildman–Crippen MR) is 57.7 cm³/mol. The number of halogens is 1. The molecule has 90 valence electrons. The van der Waals surface area contributed by atoms with Crippen LogP contribution in [0, 0.1) is 0 Å². The molecule has 0 aromatic carbocycles. The first-order valence-corrected chi connectivity index (χ1v) is 6.88. The molecule has 1 heterocycles. The lowest BCUT2D eigenvalue weighted by molar-refractivity contribution is 0.0402. The lowest BCUT2D eigenvalue weighted by Gasteiger charge is -2.33. The molecule has 0 N–H and O–H groups in total. The van der Waals surface area contributed by atoms with Gasteiger partial charge in [-0.2, -0.15) is 4.31 Å². The molecule has 7 heteroatoms. The molecule has 1 saturated heterocycles. The van der Waals surface area contributed by atoms with Crippen molar-refractivity contribution in [2.75, 3.05) is 45.1 Å². The van der Waals surface area contributed by atoms with Crippen LogP contribution in [0.1, 0.15) is 0 Å². The summed E-state index contributed by atoms with van der Waals surface area (Å²) < 4.78 is 35.1. The van der Waals surface area contributed by atoms with Crippen LogP contribution in [0.25, 0.3) is 0 Å². The van der Waals surface area contributed by atoms with E-state index in [1.807, 2.05) is 0 Å². The Balaban J connectivity index is 2.65. The van der Waals surface area contributed by atoms with E-state index in [-0.39, 0.29) is 24.3 Å². The van der Waals surface area contributed by atoms with Gasteiger partial charge < -0.3 is 9.47 Å². The third kappa shape index (κ3) is 3.57. The molecule has 0 aromatic heterocycles. The minimum Gasteiger partial charge on any atom is -0.384 e. The van der Waals surface area contributed by atoms with Gasteiger partial charge in [0, 0.05) is 19.5 Å². The van der Waals surface area contributed by atoms with Crippen LogP contribution in [0.5, 0.6) is 0 Å². The largest absolute Gasteiger partial charge is 0.384 e. The van der Waals surface area contributed by atoms with Gasteiger partial charge in [-0.25, -0.2) is 8.42 Å². The van der Waals surface area contributed by atoms with E-state index >= 15 is 0 Å². The Morgan fingerprint density at radius 1 is 1.60 bits per heavy atom. The third-order valence-electron chi connectivity index (χ3n) is 2.25. The first-order valence-electron chi connectivity index (χ1n) is 4.74. The fourth-order valence-electron chi connectivity index (χ4n) is 1.43. The van der Waals surface area contributed by atoms with Crippen molar-refractivity contribution in [3.8, 4) is 0 Å². The van der Waals surface area contributed by atoms with Crippen molar-refractivity contribution >= 4 is 21.6 Å². The second-order valence-electron chi connectivity index (χ2n) is 3.30. The van der Waals surface area contributed by atoms with Gasteiger partial charge in [0.25, 0.3) is 0 Å². The molecule has 1 rings (SSSR count). The molecule has 1 aliphatic heterocycles. The van der Waals surface area contributed by atoms with Crippen LogP contribution < -0.4 is 0 Å². The molecule has 5 nitrogen and oxygen atoms in total. The van der Waals surface area contributed by atoms with Crippen LogP contribution in [0.2, 0.25) is 0 Å². The number of rotatable bonds is 5. The van der Waals surface area contributed by atoms with Crippen LogP contribution in [0.15, 0.2) is 0 Å². The van der Waals surface area contributed by atoms with Gasteiger partial charge in [-0.15, -0.1) is 11.6 Å². The molecule has 0 spiro atoms. The highest BCUT2D eigenvalue weighted by Gasteiger charge is 2.31. The second-order valence-corrected chi connectivity index (χ2v) is 5.65. The normalized spacial score (nSPS) is 24.3. The molecule has 0 aliphatic carbocycles. The molecule has 0 bridgehead atoms. The number of ether oxygens (including phenoxy) is 2. The van der Waals surface area contributed by atoms with E-state index in [1.165, 1.54) is 11.4 Å². The van der Waals surface area contributed by atoms with Crippen molar-refractivity contribution in [1.29, 1.82) is 0 Å². The van der Waals surface area contributed by atoms with E-state index in [0.29, 0.717) is 19.8 Å². The zero-order valence-corrected chi connectivity index (χ0v) is 10.3. The average molecular weight is 258 g/mol. The fraction of sp³-hybridized carbons (Fsp3) is 1.00. The smallest absolute Gasteiger partial charge is 0.216 e. The number of morpholine rings is 1. The summed E-state index contributed by atoms with van der Waals surface area (Å²) >= 11 is 5.70. The van der Waals surface area contributed by atoms with E-state index in [2.05, 4.69) is 0 Å². The van der Waals surface area contributed by atoms with Crippen LogP contribution in [-0.2, 0) is 19.5 Å². The maximum atomic E-state index is 11.8. The quantitative estimate of drug-likeness (QED) is 0.646. The molecule has 1 fully saturated rings. The summed E-state index contributed by atoms with van der Waals surface area (Å²) in [7, 11) is -1.78. The highest BCUT2D eigenvalue weighted by molar-refractivity contribution is 7.89. The van der Waals surface area contributed by atoms with Crippen molar-refractivity contribution < 1.29 is 17.9 Å². The average Bonchev–Trinajstić information content (AvgIpc) is 2.26. The number of hydrogen-bond donors (Lipinski definition) is 0. The Hall–Kier alpha value is 0.120. The zero-order chi connectivity index (χ0) is 11.3. The number of sulfonamides is 1. The summed E-state index contributed by atoms with van der Waals surface area (Å²) in [5, 5.41) is 0. The van der Waals surface area contributed by atoms with Crippen molar-refractivity contribution in [2.24, 2.45) is 0 Å².